The normalized spacial score (nSPS) is 10.7. The van der Waals surface area contributed by atoms with E-state index in [-0.39, 0.29) is 11.6 Å². The van der Waals surface area contributed by atoms with E-state index in [2.05, 4.69) is 10.2 Å². The van der Waals surface area contributed by atoms with E-state index in [0.717, 1.165) is 11.1 Å². The molecule has 0 fully saturated rings. The van der Waals surface area contributed by atoms with Crippen molar-refractivity contribution in [2.75, 3.05) is 5.73 Å². The second kappa shape index (κ2) is 4.77. The van der Waals surface area contributed by atoms with Gasteiger partial charge in [-0.1, -0.05) is 18.2 Å². The Kier molecular flexibility index (Phi) is 2.95. The van der Waals surface area contributed by atoms with E-state index >= 15 is 0 Å². The molecule has 0 aliphatic heterocycles. The maximum atomic E-state index is 13.9. The number of nitrogen functional groups attached to an aromatic ring is 1. The molecule has 5 heteroatoms. The van der Waals surface area contributed by atoms with Gasteiger partial charge in [-0.15, -0.1) is 0 Å². The smallest absolute Gasteiger partial charge is 0.145 e. The molecule has 100 valence electrons. The van der Waals surface area contributed by atoms with Crippen LogP contribution in [0, 0.1) is 11.6 Å². The minimum absolute atomic E-state index is 0.298. The van der Waals surface area contributed by atoms with Crippen molar-refractivity contribution in [2.24, 2.45) is 0 Å². The lowest BCUT2D eigenvalue weighted by Crippen LogP contribution is -1.87. The van der Waals surface area contributed by atoms with Gasteiger partial charge in [0.25, 0.3) is 0 Å². The van der Waals surface area contributed by atoms with Gasteiger partial charge in [-0.25, -0.2) is 8.78 Å². The van der Waals surface area contributed by atoms with Crippen molar-refractivity contribution in [1.82, 2.24) is 10.2 Å². The zero-order valence-electron chi connectivity index (χ0n) is 10.4. The van der Waals surface area contributed by atoms with Gasteiger partial charge in [-0.2, -0.15) is 5.10 Å². The number of aromatic nitrogens is 2. The molecule has 0 spiro atoms. The molecule has 3 N–H and O–H groups in total. The molecule has 3 nitrogen and oxygen atoms in total. The van der Waals surface area contributed by atoms with Crippen molar-refractivity contribution < 1.29 is 8.78 Å². The summed E-state index contributed by atoms with van der Waals surface area (Å²) in [6, 6.07) is 12.3. The minimum Gasteiger partial charge on any atom is -0.382 e. The van der Waals surface area contributed by atoms with Gasteiger partial charge in [0.15, 0.2) is 0 Å². The lowest BCUT2D eigenvalue weighted by Gasteiger charge is -2.06. The number of rotatable bonds is 2. The van der Waals surface area contributed by atoms with Crippen molar-refractivity contribution in [3.63, 3.8) is 0 Å². The van der Waals surface area contributed by atoms with Gasteiger partial charge >= 0.3 is 0 Å². The highest BCUT2D eigenvalue weighted by Crippen LogP contribution is 2.28. The van der Waals surface area contributed by atoms with Crippen LogP contribution in [0.15, 0.2) is 48.5 Å². The average Bonchev–Trinajstić information content (AvgIpc) is 2.87. The van der Waals surface area contributed by atoms with E-state index in [1.165, 1.54) is 18.2 Å². The van der Waals surface area contributed by atoms with Gasteiger partial charge in [-0.3, -0.25) is 5.10 Å². The fraction of sp³-hybridized carbons (Fsp3) is 0. The molecule has 0 unspecified atom stereocenters. The van der Waals surface area contributed by atoms with Crippen LogP contribution in [0.2, 0.25) is 0 Å². The van der Waals surface area contributed by atoms with E-state index in [4.69, 9.17) is 5.73 Å². The maximum absolute atomic E-state index is 13.9. The predicted molar refractivity (Wildman–Crippen MR) is 73.8 cm³/mol. The fourth-order valence-electron chi connectivity index (χ4n) is 2.03. The summed E-state index contributed by atoms with van der Waals surface area (Å²) in [5.74, 6) is -0.386. The summed E-state index contributed by atoms with van der Waals surface area (Å²) in [6.45, 7) is 0. The second-order valence-corrected chi connectivity index (χ2v) is 4.41. The molecule has 1 heterocycles. The summed E-state index contributed by atoms with van der Waals surface area (Å²) < 4.78 is 26.8. The number of hydrogen-bond acceptors (Lipinski definition) is 2. The highest BCUT2D eigenvalue weighted by molar-refractivity contribution is 5.72. The van der Waals surface area contributed by atoms with E-state index in [9.17, 15) is 8.78 Å². The first kappa shape index (κ1) is 12.3. The molecule has 0 radical (unpaired) electrons. The third kappa shape index (κ3) is 2.25. The van der Waals surface area contributed by atoms with Crippen molar-refractivity contribution in [1.29, 1.82) is 0 Å². The van der Waals surface area contributed by atoms with Crippen molar-refractivity contribution >= 4 is 5.82 Å². The standard InChI is InChI=1S/C15H11F2N3/c16-11-4-1-9(2-5-11)10-3-6-13(17)12(7-10)14-8-15(18)20-19-14/h1-8H,(H3,18,19,20). The Labute approximate surface area is 114 Å². The molecule has 0 saturated carbocycles. The molecular weight excluding hydrogens is 260 g/mol. The van der Waals surface area contributed by atoms with Gasteiger partial charge in [0.05, 0.1) is 5.69 Å². The van der Waals surface area contributed by atoms with Gasteiger partial charge < -0.3 is 5.73 Å². The first-order valence-electron chi connectivity index (χ1n) is 6.00. The van der Waals surface area contributed by atoms with Crippen molar-refractivity contribution in [3.05, 3.63) is 60.2 Å². The van der Waals surface area contributed by atoms with Gasteiger partial charge in [0.1, 0.15) is 17.5 Å². The number of benzene rings is 2. The van der Waals surface area contributed by atoms with Gasteiger partial charge in [-0.05, 0) is 35.4 Å². The van der Waals surface area contributed by atoms with Crippen LogP contribution in [-0.2, 0) is 0 Å². The van der Waals surface area contributed by atoms with E-state index in [1.54, 1.807) is 30.3 Å². The average molecular weight is 271 g/mol. The van der Waals surface area contributed by atoms with Crippen LogP contribution < -0.4 is 5.73 Å². The minimum atomic E-state index is -0.375. The number of H-pyrrole nitrogens is 1. The highest BCUT2D eigenvalue weighted by Gasteiger charge is 2.10. The van der Waals surface area contributed by atoms with E-state index in [0.29, 0.717) is 17.1 Å². The number of nitrogens with one attached hydrogen (secondary N) is 1. The number of nitrogens with zero attached hydrogens (tertiary/aromatic N) is 1. The Hall–Kier alpha value is -2.69. The van der Waals surface area contributed by atoms with Crippen LogP contribution in [0.5, 0.6) is 0 Å². The largest absolute Gasteiger partial charge is 0.382 e. The first-order valence-corrected chi connectivity index (χ1v) is 6.00. The number of halogens is 2. The maximum Gasteiger partial charge on any atom is 0.145 e. The Morgan fingerprint density at radius 2 is 1.60 bits per heavy atom. The molecule has 0 saturated heterocycles. The number of hydrogen-bond donors (Lipinski definition) is 2. The van der Waals surface area contributed by atoms with Crippen LogP contribution in [0.1, 0.15) is 0 Å². The van der Waals surface area contributed by atoms with Crippen molar-refractivity contribution in [3.8, 4) is 22.4 Å². The Bertz CT molecular complexity index is 748. The summed E-state index contributed by atoms with van der Waals surface area (Å²) in [5, 5.41) is 6.46. The highest BCUT2D eigenvalue weighted by atomic mass is 19.1. The quantitative estimate of drug-likeness (QED) is 0.748. The van der Waals surface area contributed by atoms with Crippen LogP contribution >= 0.6 is 0 Å². The molecular formula is C15H11F2N3. The molecule has 0 aliphatic carbocycles. The summed E-state index contributed by atoms with van der Waals surface area (Å²) in [6.07, 6.45) is 0. The number of anilines is 1. The number of aromatic amines is 1. The zero-order valence-corrected chi connectivity index (χ0v) is 10.4. The summed E-state index contributed by atoms with van der Waals surface area (Å²) >= 11 is 0. The fourth-order valence-corrected chi connectivity index (χ4v) is 2.03. The molecule has 1 aromatic heterocycles. The summed E-state index contributed by atoms with van der Waals surface area (Å²) in [5.41, 5.74) is 7.99. The third-order valence-electron chi connectivity index (χ3n) is 3.03. The molecule has 0 atom stereocenters. The number of nitrogens with two attached hydrogens (primary N) is 1. The lowest BCUT2D eigenvalue weighted by molar-refractivity contribution is 0.627. The van der Waals surface area contributed by atoms with Crippen LogP contribution in [0.3, 0.4) is 0 Å². The topological polar surface area (TPSA) is 54.7 Å². The molecule has 3 aromatic rings. The summed E-state index contributed by atoms with van der Waals surface area (Å²) in [4.78, 5) is 0. The van der Waals surface area contributed by atoms with Gasteiger partial charge in [0.2, 0.25) is 0 Å². The Morgan fingerprint density at radius 1 is 0.900 bits per heavy atom. The second-order valence-electron chi connectivity index (χ2n) is 4.41. The van der Waals surface area contributed by atoms with Crippen molar-refractivity contribution in [2.45, 2.75) is 0 Å². The monoisotopic (exact) mass is 271 g/mol. The Morgan fingerprint density at radius 3 is 2.25 bits per heavy atom. The molecule has 2 aromatic carbocycles. The van der Waals surface area contributed by atoms with Crippen LogP contribution in [-0.4, -0.2) is 10.2 Å². The summed E-state index contributed by atoms with van der Waals surface area (Å²) in [7, 11) is 0. The van der Waals surface area contributed by atoms with E-state index < -0.39 is 0 Å². The van der Waals surface area contributed by atoms with Gasteiger partial charge in [0, 0.05) is 11.6 Å². The zero-order chi connectivity index (χ0) is 14.1. The molecule has 0 amide bonds. The first-order chi connectivity index (χ1) is 9.63. The lowest BCUT2D eigenvalue weighted by atomic mass is 10.0. The molecule has 3 rings (SSSR count). The molecule has 20 heavy (non-hydrogen) atoms. The SMILES string of the molecule is Nc1cc(-c2cc(-c3ccc(F)cc3)ccc2F)[nH]n1. The molecule has 0 bridgehead atoms. The predicted octanol–water partition coefficient (Wildman–Crippen LogP) is 3.60. The van der Waals surface area contributed by atoms with E-state index in [1.807, 2.05) is 0 Å². The Balaban J connectivity index is 2.08. The van der Waals surface area contributed by atoms with Crippen LogP contribution in [0.4, 0.5) is 14.6 Å². The van der Waals surface area contributed by atoms with Crippen LogP contribution in [0.25, 0.3) is 22.4 Å². The third-order valence-corrected chi connectivity index (χ3v) is 3.03. The molecule has 0 aliphatic rings.